The van der Waals surface area contributed by atoms with E-state index in [4.69, 9.17) is 0 Å². The number of imide groups is 2. The molecule has 0 atom stereocenters. The number of urea groups is 1. The second-order valence-electron chi connectivity index (χ2n) is 6.90. The summed E-state index contributed by atoms with van der Waals surface area (Å²) in [7, 11) is 1.88. The number of hydrogen-bond donors (Lipinski definition) is 1. The Morgan fingerprint density at radius 3 is 2.41 bits per heavy atom. The van der Waals surface area contributed by atoms with Gasteiger partial charge in [-0.05, 0) is 44.1 Å². The molecule has 2 aliphatic heterocycles. The van der Waals surface area contributed by atoms with Crippen LogP contribution in [0.1, 0.15) is 27.2 Å². The van der Waals surface area contributed by atoms with Crippen molar-refractivity contribution in [2.45, 2.75) is 27.2 Å². The fraction of sp³-hybridized carbons (Fsp3) is 0.261. The Morgan fingerprint density at radius 1 is 1.14 bits per heavy atom. The molecule has 1 N–H and O–H groups in total. The van der Waals surface area contributed by atoms with Crippen molar-refractivity contribution in [1.82, 2.24) is 15.1 Å². The number of hydrogen-bond acceptors (Lipinski definition) is 4. The molecule has 3 rings (SSSR count). The van der Waals surface area contributed by atoms with Crippen molar-refractivity contribution >= 4 is 17.8 Å². The maximum Gasteiger partial charge on any atom is 0.335 e. The smallest absolute Gasteiger partial charge is 0.335 e. The second kappa shape index (κ2) is 9.68. The lowest BCUT2D eigenvalue weighted by molar-refractivity contribution is -0.129. The predicted octanol–water partition coefficient (Wildman–Crippen LogP) is 3.75. The van der Waals surface area contributed by atoms with E-state index < -0.39 is 17.8 Å². The molecule has 152 valence electrons. The highest BCUT2D eigenvalue weighted by Gasteiger charge is 2.37. The first kappa shape index (κ1) is 21.9. The first-order chi connectivity index (χ1) is 13.8. The molecule has 0 spiro atoms. The highest BCUT2D eigenvalue weighted by Crippen LogP contribution is 2.25. The fourth-order valence-corrected chi connectivity index (χ4v) is 2.86. The molecular weight excluding hydrogens is 366 g/mol. The molecule has 1 aliphatic carbocycles. The summed E-state index contributed by atoms with van der Waals surface area (Å²) in [6, 6.07) is -0.726. The lowest BCUT2D eigenvalue weighted by Gasteiger charge is -2.27. The molecule has 0 radical (unpaired) electrons. The Hall–Kier alpha value is -3.41. The van der Waals surface area contributed by atoms with Gasteiger partial charge in [0.2, 0.25) is 0 Å². The van der Waals surface area contributed by atoms with Crippen molar-refractivity contribution in [3.05, 3.63) is 83.3 Å². The van der Waals surface area contributed by atoms with Gasteiger partial charge in [-0.1, -0.05) is 42.5 Å². The van der Waals surface area contributed by atoms with E-state index in [1.165, 1.54) is 6.08 Å². The average molecular weight is 393 g/mol. The van der Waals surface area contributed by atoms with E-state index in [0.717, 1.165) is 16.0 Å². The number of nitrogens with zero attached hydrogens (tertiary/aromatic N) is 2. The summed E-state index contributed by atoms with van der Waals surface area (Å²) in [6.45, 7) is 10.5. The van der Waals surface area contributed by atoms with Gasteiger partial charge in [-0.3, -0.25) is 14.9 Å². The highest BCUT2D eigenvalue weighted by molar-refractivity contribution is 6.29. The van der Waals surface area contributed by atoms with Crippen LogP contribution >= 0.6 is 0 Å². The molecule has 1 fully saturated rings. The van der Waals surface area contributed by atoms with Gasteiger partial charge in [0.25, 0.3) is 11.8 Å². The van der Waals surface area contributed by atoms with Crippen molar-refractivity contribution in [3.8, 4) is 0 Å². The van der Waals surface area contributed by atoms with Crippen LogP contribution in [0.25, 0.3) is 0 Å². The monoisotopic (exact) mass is 393 g/mol. The van der Waals surface area contributed by atoms with Crippen molar-refractivity contribution in [2.75, 3.05) is 13.6 Å². The molecule has 0 unspecified atom stereocenters. The highest BCUT2D eigenvalue weighted by atomic mass is 16.2. The van der Waals surface area contributed by atoms with Crippen LogP contribution < -0.4 is 5.32 Å². The number of nitrogens with one attached hydrogen (secondary N) is 1. The Kier molecular flexibility index (Phi) is 7.31. The van der Waals surface area contributed by atoms with Crippen LogP contribution in [0.2, 0.25) is 0 Å². The van der Waals surface area contributed by atoms with Gasteiger partial charge in [0.05, 0.1) is 0 Å². The van der Waals surface area contributed by atoms with E-state index in [1.54, 1.807) is 6.08 Å². The number of likely N-dealkylation sites (N-methyl/N-ethyl adjacent to an activating group) is 1. The van der Waals surface area contributed by atoms with Gasteiger partial charge in [-0.25, -0.2) is 9.69 Å². The lowest BCUT2D eigenvalue weighted by Crippen LogP contribution is -2.53. The van der Waals surface area contributed by atoms with Crippen LogP contribution in [0.5, 0.6) is 0 Å². The number of carbonyl (C=O) groups excluding carboxylic acids is 3. The zero-order chi connectivity index (χ0) is 21.6. The maximum absolute atomic E-state index is 12.8. The summed E-state index contributed by atoms with van der Waals surface area (Å²) in [4.78, 5) is 40.2. The van der Waals surface area contributed by atoms with E-state index in [9.17, 15) is 14.4 Å². The summed E-state index contributed by atoms with van der Waals surface area (Å²) in [5, 5.41) is 2.24. The summed E-state index contributed by atoms with van der Waals surface area (Å²) >= 11 is 0. The minimum absolute atomic E-state index is 0.0721. The van der Waals surface area contributed by atoms with Crippen LogP contribution in [-0.2, 0) is 9.59 Å². The number of barbiturate groups is 1. The Bertz CT molecular complexity index is 910. The normalized spacial score (nSPS) is 21.0. The van der Waals surface area contributed by atoms with E-state index in [-0.39, 0.29) is 5.57 Å². The zero-order valence-electron chi connectivity index (χ0n) is 17.4. The van der Waals surface area contributed by atoms with Crippen molar-refractivity contribution in [2.24, 2.45) is 0 Å². The van der Waals surface area contributed by atoms with Gasteiger partial charge >= 0.3 is 6.03 Å². The Labute approximate surface area is 171 Å². The van der Waals surface area contributed by atoms with Gasteiger partial charge in [-0.2, -0.15) is 0 Å². The van der Waals surface area contributed by atoms with Crippen LogP contribution in [0.15, 0.2) is 83.3 Å². The number of allylic oxidation sites excluding steroid dienone is 8. The van der Waals surface area contributed by atoms with Crippen molar-refractivity contribution in [3.63, 3.8) is 0 Å². The molecule has 0 bridgehead atoms. The van der Waals surface area contributed by atoms with Crippen LogP contribution in [-0.4, -0.2) is 41.2 Å². The van der Waals surface area contributed by atoms with Gasteiger partial charge in [0.1, 0.15) is 5.57 Å². The van der Waals surface area contributed by atoms with E-state index in [1.807, 2.05) is 69.3 Å². The molecule has 1 saturated heterocycles. The Morgan fingerprint density at radius 2 is 1.83 bits per heavy atom. The minimum atomic E-state index is -0.726. The van der Waals surface area contributed by atoms with Gasteiger partial charge in [-0.15, -0.1) is 0 Å². The quantitative estimate of drug-likeness (QED) is 0.441. The third kappa shape index (κ3) is 5.31. The van der Waals surface area contributed by atoms with E-state index in [0.29, 0.717) is 24.2 Å². The largest absolute Gasteiger partial charge is 0.376 e. The summed E-state index contributed by atoms with van der Waals surface area (Å²) in [6.07, 6.45) is 15.1. The second-order valence-corrected chi connectivity index (χ2v) is 6.90. The summed E-state index contributed by atoms with van der Waals surface area (Å²) < 4.78 is 0. The lowest BCUT2D eigenvalue weighted by atomic mass is 10.0. The first-order valence-electron chi connectivity index (χ1n) is 9.41. The molecule has 0 saturated carbocycles. The molecule has 29 heavy (non-hydrogen) atoms. The molecule has 2 heterocycles. The van der Waals surface area contributed by atoms with E-state index >= 15 is 0 Å². The maximum atomic E-state index is 12.8. The SMILES string of the molecule is C/C=C\C.C=C1CN(C)C=C1/C=C1\C(=O)NC(=O)N(C2=CC=C(C)C=CC2)C1=O. The molecule has 0 aromatic rings. The number of rotatable bonds is 2. The standard InChI is InChI=1S/C19H19N3O3.C4H8/c1-12-5-4-6-15(8-7-12)22-18(24)16(17(23)20-19(22)25)9-14-11-21(3)10-13(14)2;1-3-4-2/h4-5,7-9,11H,2,6,10H2,1,3H3,(H,20,23,25);3-4H,1-2H3/b16-9+;4-3-. The van der Waals surface area contributed by atoms with Gasteiger partial charge in [0.15, 0.2) is 0 Å². The topological polar surface area (TPSA) is 69.7 Å². The molecule has 6 heteroatoms. The van der Waals surface area contributed by atoms with Crippen molar-refractivity contribution < 1.29 is 14.4 Å². The first-order valence-corrected chi connectivity index (χ1v) is 9.41. The summed E-state index contributed by atoms with van der Waals surface area (Å²) in [5.41, 5.74) is 2.99. The third-order valence-electron chi connectivity index (χ3n) is 4.48. The molecule has 3 aliphatic rings. The van der Waals surface area contributed by atoms with Crippen LogP contribution in [0.3, 0.4) is 0 Å². The molecule has 0 aromatic heterocycles. The number of amides is 4. The average Bonchev–Trinajstić information content (AvgIpc) is 2.84. The van der Waals surface area contributed by atoms with E-state index in [2.05, 4.69) is 11.9 Å². The predicted molar refractivity (Wildman–Crippen MR) is 114 cm³/mol. The van der Waals surface area contributed by atoms with Gasteiger partial charge < -0.3 is 4.90 Å². The molecular formula is C23H27N3O3. The van der Waals surface area contributed by atoms with Crippen molar-refractivity contribution in [1.29, 1.82) is 0 Å². The molecule has 0 aromatic carbocycles. The Balaban J connectivity index is 0.000000687. The van der Waals surface area contributed by atoms with Crippen LogP contribution in [0.4, 0.5) is 4.79 Å². The van der Waals surface area contributed by atoms with Gasteiger partial charge in [0, 0.05) is 31.9 Å². The summed E-state index contributed by atoms with van der Waals surface area (Å²) in [5.74, 6) is -1.31. The minimum Gasteiger partial charge on any atom is -0.376 e. The zero-order valence-corrected chi connectivity index (χ0v) is 17.4. The third-order valence-corrected chi connectivity index (χ3v) is 4.48. The molecule has 4 amide bonds. The fourth-order valence-electron chi connectivity index (χ4n) is 2.86. The van der Waals surface area contributed by atoms with Crippen LogP contribution in [0, 0.1) is 0 Å². The molecule has 6 nitrogen and oxygen atoms in total. The number of carbonyl (C=O) groups is 3.